The maximum absolute atomic E-state index is 12.2. The van der Waals surface area contributed by atoms with Gasteiger partial charge in [-0.2, -0.15) is 0 Å². The minimum Gasteiger partial charge on any atom is -0.349 e. The fourth-order valence-corrected chi connectivity index (χ4v) is 4.61. The minimum absolute atomic E-state index is 0.00664. The lowest BCUT2D eigenvalue weighted by atomic mass is 10.0. The number of sulfone groups is 1. The Morgan fingerprint density at radius 1 is 1.00 bits per heavy atom. The topological polar surface area (TPSA) is 104 Å². The molecule has 142 valence electrons. The van der Waals surface area contributed by atoms with Gasteiger partial charge >= 0.3 is 6.03 Å². The monoisotopic (exact) mass is 387 g/mol. The summed E-state index contributed by atoms with van der Waals surface area (Å²) in [4.78, 5) is 24.3. The first kappa shape index (κ1) is 18.9. The van der Waals surface area contributed by atoms with Crippen LogP contribution in [0.25, 0.3) is 0 Å². The number of amides is 3. The molecule has 0 aromatic heterocycles. The fourth-order valence-electron chi connectivity index (χ4n) is 2.99. The Morgan fingerprint density at radius 3 is 2.48 bits per heavy atom. The van der Waals surface area contributed by atoms with Crippen molar-refractivity contribution in [3.05, 3.63) is 60.2 Å². The van der Waals surface area contributed by atoms with E-state index in [0.717, 1.165) is 0 Å². The van der Waals surface area contributed by atoms with Crippen molar-refractivity contribution in [2.45, 2.75) is 23.8 Å². The van der Waals surface area contributed by atoms with E-state index in [2.05, 4.69) is 16.0 Å². The lowest BCUT2D eigenvalue weighted by Gasteiger charge is -2.26. The first-order valence-corrected chi connectivity index (χ1v) is 10.3. The molecule has 27 heavy (non-hydrogen) atoms. The van der Waals surface area contributed by atoms with Crippen LogP contribution in [0.15, 0.2) is 59.5 Å². The Labute approximate surface area is 158 Å². The van der Waals surface area contributed by atoms with E-state index in [-0.39, 0.29) is 41.6 Å². The van der Waals surface area contributed by atoms with Gasteiger partial charge < -0.3 is 16.0 Å². The highest BCUT2D eigenvalue weighted by atomic mass is 32.2. The van der Waals surface area contributed by atoms with E-state index in [1.54, 1.807) is 36.4 Å². The number of carbonyl (C=O) groups excluding carboxylic acids is 2. The number of hydrogen-bond donors (Lipinski definition) is 3. The molecule has 2 aromatic rings. The third-order valence-corrected chi connectivity index (χ3v) is 6.12. The smallest absolute Gasteiger partial charge is 0.319 e. The average Bonchev–Trinajstić information content (AvgIpc) is 2.65. The molecule has 0 aliphatic carbocycles. The van der Waals surface area contributed by atoms with E-state index in [9.17, 15) is 18.0 Å². The number of urea groups is 1. The summed E-state index contributed by atoms with van der Waals surface area (Å²) in [7, 11) is -3.29. The number of rotatable bonds is 5. The minimum atomic E-state index is -3.29. The number of hydrogen-bond acceptors (Lipinski definition) is 4. The van der Waals surface area contributed by atoms with Gasteiger partial charge in [0.25, 0.3) is 0 Å². The molecule has 8 heteroatoms. The Kier molecular flexibility index (Phi) is 5.75. The first-order valence-electron chi connectivity index (χ1n) is 8.67. The van der Waals surface area contributed by atoms with Gasteiger partial charge in [0.15, 0.2) is 9.84 Å². The molecule has 1 atom stereocenters. The van der Waals surface area contributed by atoms with Gasteiger partial charge in [-0.05, 0) is 30.2 Å². The van der Waals surface area contributed by atoms with Crippen LogP contribution in [-0.4, -0.2) is 32.7 Å². The largest absolute Gasteiger partial charge is 0.349 e. The summed E-state index contributed by atoms with van der Waals surface area (Å²) >= 11 is 0. The summed E-state index contributed by atoms with van der Waals surface area (Å²) in [6, 6.07) is 15.0. The second kappa shape index (κ2) is 8.22. The van der Waals surface area contributed by atoms with Gasteiger partial charge in [0, 0.05) is 18.7 Å². The lowest BCUT2D eigenvalue weighted by Crippen LogP contribution is -2.36. The van der Waals surface area contributed by atoms with Crippen molar-refractivity contribution in [2.24, 2.45) is 0 Å². The molecule has 2 aromatic carbocycles. The highest BCUT2D eigenvalue weighted by molar-refractivity contribution is 7.91. The summed E-state index contributed by atoms with van der Waals surface area (Å²) in [6.07, 6.45) is 0.445. The quantitative estimate of drug-likeness (QED) is 0.732. The SMILES string of the molecule is O=C(CCNC(=O)Nc1ccccc1)NC1CCS(=O)(=O)c2ccccc21. The molecule has 3 N–H and O–H groups in total. The van der Waals surface area contributed by atoms with Crippen LogP contribution in [0, 0.1) is 0 Å². The molecule has 0 bridgehead atoms. The number of para-hydroxylation sites is 1. The molecule has 1 heterocycles. The van der Waals surface area contributed by atoms with Gasteiger partial charge in [-0.15, -0.1) is 0 Å². The number of anilines is 1. The molecule has 1 aliphatic rings. The van der Waals surface area contributed by atoms with Crippen LogP contribution in [0.4, 0.5) is 10.5 Å². The van der Waals surface area contributed by atoms with Gasteiger partial charge in [-0.25, -0.2) is 13.2 Å². The molecular formula is C19H21N3O4S. The van der Waals surface area contributed by atoms with Crippen molar-refractivity contribution >= 4 is 27.5 Å². The van der Waals surface area contributed by atoms with Crippen LogP contribution in [0.2, 0.25) is 0 Å². The van der Waals surface area contributed by atoms with Crippen molar-refractivity contribution in [1.29, 1.82) is 0 Å². The molecule has 3 rings (SSSR count). The normalized spacial score (nSPS) is 17.4. The molecule has 7 nitrogen and oxygen atoms in total. The van der Waals surface area contributed by atoms with Crippen LogP contribution >= 0.6 is 0 Å². The first-order chi connectivity index (χ1) is 13.0. The van der Waals surface area contributed by atoms with Gasteiger partial charge in [0.2, 0.25) is 5.91 Å². The molecule has 0 radical (unpaired) electrons. The fraction of sp³-hybridized carbons (Fsp3) is 0.263. The van der Waals surface area contributed by atoms with E-state index in [1.807, 2.05) is 18.2 Å². The van der Waals surface area contributed by atoms with Crippen LogP contribution < -0.4 is 16.0 Å². The summed E-state index contributed by atoms with van der Waals surface area (Å²) in [5.74, 6) is -0.235. The zero-order valence-corrected chi connectivity index (χ0v) is 15.5. The summed E-state index contributed by atoms with van der Waals surface area (Å²) in [5.41, 5.74) is 1.28. The maximum atomic E-state index is 12.2. The Bertz CT molecular complexity index is 929. The maximum Gasteiger partial charge on any atom is 0.319 e. The second-order valence-corrected chi connectivity index (χ2v) is 8.34. The third kappa shape index (κ3) is 4.85. The average molecular weight is 387 g/mol. The van der Waals surface area contributed by atoms with E-state index in [0.29, 0.717) is 17.7 Å². The van der Waals surface area contributed by atoms with Crippen molar-refractivity contribution in [3.63, 3.8) is 0 Å². The van der Waals surface area contributed by atoms with Crippen LogP contribution in [0.5, 0.6) is 0 Å². The van der Waals surface area contributed by atoms with E-state index in [1.165, 1.54) is 0 Å². The van der Waals surface area contributed by atoms with Crippen molar-refractivity contribution < 1.29 is 18.0 Å². The highest BCUT2D eigenvalue weighted by Gasteiger charge is 2.30. The molecule has 1 aliphatic heterocycles. The molecule has 1 unspecified atom stereocenters. The number of nitrogens with one attached hydrogen (secondary N) is 3. The zero-order chi connectivity index (χ0) is 19.3. The van der Waals surface area contributed by atoms with Gasteiger partial charge in [-0.1, -0.05) is 36.4 Å². The van der Waals surface area contributed by atoms with Crippen molar-refractivity contribution in [2.75, 3.05) is 17.6 Å². The molecule has 0 spiro atoms. The Balaban J connectivity index is 1.49. The zero-order valence-electron chi connectivity index (χ0n) is 14.6. The standard InChI is InChI=1S/C19H21N3O4S/c23-18(10-12-20-19(24)21-14-6-2-1-3-7-14)22-16-11-13-27(25,26)17-9-5-4-8-15(16)17/h1-9,16H,10-13H2,(H,22,23)(H2,20,21,24). The molecular weight excluding hydrogens is 366 g/mol. The van der Waals surface area contributed by atoms with Gasteiger partial charge in [-0.3, -0.25) is 4.79 Å². The molecule has 0 saturated heterocycles. The van der Waals surface area contributed by atoms with E-state index >= 15 is 0 Å². The predicted molar refractivity (Wildman–Crippen MR) is 102 cm³/mol. The number of benzene rings is 2. The highest BCUT2D eigenvalue weighted by Crippen LogP contribution is 2.31. The van der Waals surface area contributed by atoms with E-state index in [4.69, 9.17) is 0 Å². The van der Waals surface area contributed by atoms with Crippen LogP contribution in [0.3, 0.4) is 0 Å². The summed E-state index contributed by atoms with van der Waals surface area (Å²) in [6.45, 7) is 0.178. The lowest BCUT2D eigenvalue weighted by molar-refractivity contribution is -0.121. The summed E-state index contributed by atoms with van der Waals surface area (Å²) < 4.78 is 24.3. The van der Waals surface area contributed by atoms with Crippen molar-refractivity contribution in [1.82, 2.24) is 10.6 Å². The Morgan fingerprint density at radius 2 is 1.70 bits per heavy atom. The van der Waals surface area contributed by atoms with Gasteiger partial charge in [0.1, 0.15) is 0 Å². The third-order valence-electron chi connectivity index (χ3n) is 4.31. The predicted octanol–water partition coefficient (Wildman–Crippen LogP) is 2.23. The Hall–Kier alpha value is -2.87. The molecule has 0 saturated carbocycles. The van der Waals surface area contributed by atoms with Gasteiger partial charge in [0.05, 0.1) is 16.7 Å². The summed E-state index contributed by atoms with van der Waals surface area (Å²) in [5, 5.41) is 8.16. The number of carbonyl (C=O) groups is 2. The molecule has 0 fully saturated rings. The molecule has 3 amide bonds. The van der Waals surface area contributed by atoms with Crippen molar-refractivity contribution in [3.8, 4) is 0 Å². The number of fused-ring (bicyclic) bond motifs is 1. The van der Waals surface area contributed by atoms with Crippen LogP contribution in [-0.2, 0) is 14.6 Å². The van der Waals surface area contributed by atoms with E-state index < -0.39 is 9.84 Å². The second-order valence-electron chi connectivity index (χ2n) is 6.26. The van der Waals surface area contributed by atoms with Crippen LogP contribution in [0.1, 0.15) is 24.4 Å².